The van der Waals surface area contributed by atoms with Gasteiger partial charge in [-0.3, -0.25) is 13.9 Å². The van der Waals surface area contributed by atoms with E-state index in [1.807, 2.05) is 27.7 Å². The van der Waals surface area contributed by atoms with E-state index in [2.05, 4.69) is 11.9 Å². The Morgan fingerprint density at radius 1 is 1.07 bits per heavy atom. The van der Waals surface area contributed by atoms with Crippen LogP contribution in [0.5, 0.6) is 11.5 Å². The number of nitrogens with zero attached hydrogens (tertiary/aromatic N) is 5. The topological polar surface area (TPSA) is 83.5 Å². The lowest BCUT2D eigenvalue weighted by molar-refractivity contribution is 0.399. The molecule has 1 atom stereocenters. The van der Waals surface area contributed by atoms with Crippen LogP contribution in [0.25, 0.3) is 11.2 Å². The highest BCUT2D eigenvalue weighted by Gasteiger charge is 2.31. The molecule has 1 aromatic carbocycles. The molecule has 1 aliphatic heterocycles. The van der Waals surface area contributed by atoms with Crippen LogP contribution in [0.15, 0.2) is 27.8 Å². The third-order valence-electron chi connectivity index (χ3n) is 5.23. The van der Waals surface area contributed by atoms with Crippen molar-refractivity contribution in [1.82, 2.24) is 18.7 Å². The van der Waals surface area contributed by atoms with Gasteiger partial charge in [0.1, 0.15) is 11.5 Å². The normalized spacial score (nSPS) is 16.3. The van der Waals surface area contributed by atoms with Gasteiger partial charge in [0, 0.05) is 33.3 Å². The second kappa shape index (κ2) is 6.43. The lowest BCUT2D eigenvalue weighted by Gasteiger charge is -2.33. The van der Waals surface area contributed by atoms with E-state index >= 15 is 0 Å². The summed E-state index contributed by atoms with van der Waals surface area (Å²) in [6.07, 6.45) is 0. The summed E-state index contributed by atoms with van der Waals surface area (Å²) in [5, 5.41) is 0. The fraction of sp³-hybridized carbons (Fsp3) is 0.421. The number of methoxy groups -OCH3 is 2. The number of hydrogen-bond acceptors (Lipinski definition) is 6. The van der Waals surface area contributed by atoms with Gasteiger partial charge in [0.05, 0.1) is 19.9 Å². The fourth-order valence-electron chi connectivity index (χ4n) is 3.79. The predicted molar refractivity (Wildman–Crippen MR) is 106 cm³/mol. The van der Waals surface area contributed by atoms with Crippen LogP contribution >= 0.6 is 0 Å². The van der Waals surface area contributed by atoms with Gasteiger partial charge in [-0.05, 0) is 18.1 Å². The summed E-state index contributed by atoms with van der Waals surface area (Å²) in [5.74, 6) is 2.23. The van der Waals surface area contributed by atoms with Crippen molar-refractivity contribution in [2.24, 2.45) is 20.0 Å². The van der Waals surface area contributed by atoms with Crippen LogP contribution in [-0.2, 0) is 20.6 Å². The number of rotatable bonds is 3. The molecule has 4 rings (SSSR count). The number of fused-ring (bicyclic) bond motifs is 3. The van der Waals surface area contributed by atoms with E-state index in [9.17, 15) is 9.59 Å². The van der Waals surface area contributed by atoms with Gasteiger partial charge in [0.25, 0.3) is 5.56 Å². The molecule has 3 heterocycles. The number of aryl methyl sites for hydroxylation is 1. The summed E-state index contributed by atoms with van der Waals surface area (Å²) < 4.78 is 15.4. The lowest BCUT2D eigenvalue weighted by atomic mass is 10.1. The molecule has 9 heteroatoms. The van der Waals surface area contributed by atoms with Crippen molar-refractivity contribution in [3.63, 3.8) is 0 Å². The number of imidazole rings is 1. The fourth-order valence-corrected chi connectivity index (χ4v) is 3.79. The first-order valence-corrected chi connectivity index (χ1v) is 9.03. The standard InChI is InChI=1S/C19H23N5O4/c1-11-9-23(13-8-12(27-4)6-7-14(13)28-5)18-20-16-15(24(18)10-11)17(25)22(3)19(26)21(16)2/h6-8,11H,9-10H2,1-5H3/t11-/m1/s1. The van der Waals surface area contributed by atoms with E-state index in [0.29, 0.717) is 41.7 Å². The number of benzene rings is 1. The predicted octanol–water partition coefficient (Wildman–Crippen LogP) is 1.24. The first kappa shape index (κ1) is 18.1. The molecule has 0 saturated heterocycles. The molecule has 0 bridgehead atoms. The second-order valence-corrected chi connectivity index (χ2v) is 7.15. The van der Waals surface area contributed by atoms with Crippen LogP contribution in [0.2, 0.25) is 0 Å². The molecule has 0 radical (unpaired) electrons. The molecular weight excluding hydrogens is 362 g/mol. The van der Waals surface area contributed by atoms with Crippen molar-refractivity contribution in [3.8, 4) is 11.5 Å². The average molecular weight is 385 g/mol. The smallest absolute Gasteiger partial charge is 0.332 e. The van der Waals surface area contributed by atoms with E-state index in [1.54, 1.807) is 21.3 Å². The number of ether oxygens (including phenoxy) is 2. The Morgan fingerprint density at radius 2 is 1.82 bits per heavy atom. The van der Waals surface area contributed by atoms with E-state index in [4.69, 9.17) is 9.47 Å². The summed E-state index contributed by atoms with van der Waals surface area (Å²) in [6, 6.07) is 5.56. The van der Waals surface area contributed by atoms with Gasteiger partial charge >= 0.3 is 5.69 Å². The monoisotopic (exact) mass is 385 g/mol. The molecule has 0 N–H and O–H groups in total. The van der Waals surface area contributed by atoms with Gasteiger partial charge < -0.3 is 18.9 Å². The van der Waals surface area contributed by atoms with Crippen LogP contribution < -0.4 is 25.6 Å². The van der Waals surface area contributed by atoms with E-state index < -0.39 is 5.69 Å². The summed E-state index contributed by atoms with van der Waals surface area (Å²) in [6.45, 7) is 3.45. The van der Waals surface area contributed by atoms with Crippen molar-refractivity contribution in [2.45, 2.75) is 13.5 Å². The Morgan fingerprint density at radius 3 is 2.50 bits per heavy atom. The van der Waals surface area contributed by atoms with Crippen LogP contribution in [0.1, 0.15) is 6.92 Å². The molecule has 0 aliphatic carbocycles. The Hall–Kier alpha value is -3.23. The van der Waals surface area contributed by atoms with Crippen LogP contribution in [0, 0.1) is 5.92 Å². The van der Waals surface area contributed by atoms with Gasteiger partial charge in [-0.25, -0.2) is 4.79 Å². The molecular formula is C19H23N5O4. The number of hydrogen-bond donors (Lipinski definition) is 0. The zero-order valence-electron chi connectivity index (χ0n) is 16.6. The molecule has 0 spiro atoms. The maximum absolute atomic E-state index is 12.8. The van der Waals surface area contributed by atoms with Crippen LogP contribution in [-0.4, -0.2) is 39.4 Å². The maximum Gasteiger partial charge on any atom is 0.332 e. The maximum atomic E-state index is 12.8. The van der Waals surface area contributed by atoms with Crippen molar-refractivity contribution >= 4 is 22.8 Å². The second-order valence-electron chi connectivity index (χ2n) is 7.15. The van der Waals surface area contributed by atoms with Crippen molar-refractivity contribution in [3.05, 3.63) is 39.0 Å². The molecule has 3 aromatic rings. The molecule has 0 amide bonds. The first-order chi connectivity index (χ1) is 13.4. The molecule has 1 aliphatic rings. The highest BCUT2D eigenvalue weighted by Crippen LogP contribution is 2.39. The highest BCUT2D eigenvalue weighted by atomic mass is 16.5. The molecule has 0 fully saturated rings. The SMILES string of the molecule is COc1ccc(OC)c(N2C[C@@H](C)Cn3c2nc2c3c(=O)n(C)c(=O)n2C)c1. The summed E-state index contributed by atoms with van der Waals surface area (Å²) >= 11 is 0. The van der Waals surface area contributed by atoms with Gasteiger partial charge in [-0.1, -0.05) is 6.92 Å². The Labute approximate surface area is 161 Å². The molecule has 9 nitrogen and oxygen atoms in total. The van der Waals surface area contributed by atoms with Crippen molar-refractivity contribution in [2.75, 3.05) is 25.7 Å². The summed E-state index contributed by atoms with van der Waals surface area (Å²) in [5.41, 5.74) is 0.865. The number of aromatic nitrogens is 4. The summed E-state index contributed by atoms with van der Waals surface area (Å²) in [4.78, 5) is 31.9. The van der Waals surface area contributed by atoms with Gasteiger partial charge in [0.2, 0.25) is 5.95 Å². The lowest BCUT2D eigenvalue weighted by Crippen LogP contribution is -2.38. The van der Waals surface area contributed by atoms with Crippen molar-refractivity contribution in [1.29, 1.82) is 0 Å². The van der Waals surface area contributed by atoms with Gasteiger partial charge in [-0.15, -0.1) is 0 Å². The Kier molecular flexibility index (Phi) is 4.17. The molecule has 0 unspecified atom stereocenters. The minimum absolute atomic E-state index is 0.253. The van der Waals surface area contributed by atoms with Crippen LogP contribution in [0.3, 0.4) is 0 Å². The van der Waals surface area contributed by atoms with E-state index in [0.717, 1.165) is 10.3 Å². The third kappa shape index (κ3) is 2.49. The Balaban J connectivity index is 2.04. The average Bonchev–Trinajstić information content (AvgIpc) is 3.08. The van der Waals surface area contributed by atoms with Crippen molar-refractivity contribution < 1.29 is 9.47 Å². The molecule has 2 aromatic heterocycles. The summed E-state index contributed by atoms with van der Waals surface area (Å²) in [7, 11) is 6.34. The van der Waals surface area contributed by atoms with Crippen LogP contribution in [0.4, 0.5) is 11.6 Å². The zero-order chi connectivity index (χ0) is 20.2. The third-order valence-corrected chi connectivity index (χ3v) is 5.23. The van der Waals surface area contributed by atoms with E-state index in [1.165, 1.54) is 11.6 Å². The quantitative estimate of drug-likeness (QED) is 0.675. The minimum Gasteiger partial charge on any atom is -0.497 e. The van der Waals surface area contributed by atoms with Gasteiger partial charge in [-0.2, -0.15) is 4.98 Å². The Bertz CT molecular complexity index is 1190. The molecule has 148 valence electrons. The van der Waals surface area contributed by atoms with E-state index in [-0.39, 0.29) is 11.5 Å². The molecule has 0 saturated carbocycles. The number of anilines is 2. The van der Waals surface area contributed by atoms with Gasteiger partial charge in [0.15, 0.2) is 11.2 Å². The highest BCUT2D eigenvalue weighted by molar-refractivity contribution is 5.78. The molecule has 28 heavy (non-hydrogen) atoms. The first-order valence-electron chi connectivity index (χ1n) is 9.03. The zero-order valence-corrected chi connectivity index (χ0v) is 16.6. The largest absolute Gasteiger partial charge is 0.497 e. The minimum atomic E-state index is -0.397.